The molecule has 230 valence electrons. The maximum Gasteiger partial charge on any atom is 0.380 e. The van der Waals surface area contributed by atoms with Crippen molar-refractivity contribution in [2.24, 2.45) is 0 Å². The summed E-state index contributed by atoms with van der Waals surface area (Å²) >= 11 is 0. The third-order valence-corrected chi connectivity index (χ3v) is 8.15. The van der Waals surface area contributed by atoms with Crippen LogP contribution in [0.15, 0.2) is 69.5 Å². The molecule has 0 amide bonds. The van der Waals surface area contributed by atoms with Gasteiger partial charge in [0, 0.05) is 50.7 Å². The summed E-state index contributed by atoms with van der Waals surface area (Å²) in [6.07, 6.45) is 0. The van der Waals surface area contributed by atoms with Crippen LogP contribution in [0.5, 0.6) is 11.5 Å². The van der Waals surface area contributed by atoms with Gasteiger partial charge in [0.1, 0.15) is 34.2 Å². The molecule has 1 aliphatic carbocycles. The zero-order valence-corrected chi connectivity index (χ0v) is 24.7. The zero-order valence-electron chi connectivity index (χ0n) is 24.7. The Morgan fingerprint density at radius 2 is 1.11 bits per heavy atom. The van der Waals surface area contributed by atoms with Gasteiger partial charge in [0.15, 0.2) is 0 Å². The summed E-state index contributed by atoms with van der Waals surface area (Å²) < 4.78 is 117. The molecule has 0 fully saturated rings. The van der Waals surface area contributed by atoms with E-state index >= 15 is 26.3 Å². The van der Waals surface area contributed by atoms with Crippen LogP contribution in [0.4, 0.5) is 26.3 Å². The van der Waals surface area contributed by atoms with E-state index in [0.717, 1.165) is 5.56 Å². The second-order valence-corrected chi connectivity index (χ2v) is 11.9. The van der Waals surface area contributed by atoms with Crippen LogP contribution in [0, 0.1) is 6.92 Å². The van der Waals surface area contributed by atoms with Gasteiger partial charge in [-0.05, 0) is 42.2 Å². The number of hydrogen-bond acceptors (Lipinski definition) is 4. The normalized spacial score (nSPS) is 17.5. The first-order valence-electron chi connectivity index (χ1n) is 13.7. The van der Waals surface area contributed by atoms with Crippen LogP contribution in [-0.2, 0) is 5.41 Å². The number of alkyl halides is 6. The topological polar surface area (TPSA) is 44.7 Å². The van der Waals surface area contributed by atoms with E-state index in [-0.39, 0.29) is 44.4 Å². The Balaban J connectivity index is 1.76. The van der Waals surface area contributed by atoms with Crippen LogP contribution >= 0.6 is 0 Å². The van der Waals surface area contributed by atoms with Crippen molar-refractivity contribution < 1.29 is 44.7 Å². The van der Waals surface area contributed by atoms with Gasteiger partial charge in [0.25, 0.3) is 0 Å². The summed E-state index contributed by atoms with van der Waals surface area (Å²) in [4.78, 5) is 0. The molecule has 0 spiro atoms. The van der Waals surface area contributed by atoms with E-state index in [0.29, 0.717) is 11.5 Å². The van der Waals surface area contributed by atoms with Crippen molar-refractivity contribution in [1.29, 1.82) is 0 Å². The second-order valence-electron chi connectivity index (χ2n) is 11.9. The maximum absolute atomic E-state index is 16.1. The largest absolute Gasteiger partial charge is 0.497 e. The molecule has 2 heterocycles. The van der Waals surface area contributed by atoms with Crippen molar-refractivity contribution in [1.82, 2.24) is 0 Å². The molecular weight excluding hydrogens is 586 g/mol. The molecule has 1 aliphatic rings. The van der Waals surface area contributed by atoms with E-state index in [1.54, 1.807) is 24.3 Å². The minimum atomic E-state index is -5.78. The minimum Gasteiger partial charge on any atom is -0.497 e. The predicted octanol–water partition coefficient (Wildman–Crippen LogP) is 10.3. The molecule has 10 heteroatoms. The van der Waals surface area contributed by atoms with Crippen molar-refractivity contribution >= 4 is 33.1 Å². The summed E-state index contributed by atoms with van der Waals surface area (Å²) in [6.45, 7) is 7.21. The number of halogens is 6. The molecule has 44 heavy (non-hydrogen) atoms. The van der Waals surface area contributed by atoms with Crippen molar-refractivity contribution in [3.05, 3.63) is 83.1 Å². The van der Waals surface area contributed by atoms with Crippen molar-refractivity contribution in [3.63, 3.8) is 0 Å². The quantitative estimate of drug-likeness (QED) is 0.185. The van der Waals surface area contributed by atoms with E-state index in [1.165, 1.54) is 57.5 Å². The molecule has 5 aromatic rings. The fourth-order valence-corrected chi connectivity index (χ4v) is 5.80. The molecule has 0 radical (unpaired) electrons. The number of aryl methyl sites for hydroxylation is 1. The van der Waals surface area contributed by atoms with E-state index < -0.39 is 40.0 Å². The van der Waals surface area contributed by atoms with Crippen molar-refractivity contribution in [2.45, 2.75) is 50.9 Å². The number of ether oxygens (including phenoxy) is 2. The number of hydrogen-bond donors (Lipinski definition) is 0. The summed E-state index contributed by atoms with van der Waals surface area (Å²) in [5, 5.41) is -0.108. The van der Waals surface area contributed by atoms with Crippen LogP contribution in [0.3, 0.4) is 0 Å². The van der Waals surface area contributed by atoms with Crippen LogP contribution < -0.4 is 9.47 Å². The molecule has 0 unspecified atom stereocenters. The summed E-state index contributed by atoms with van der Waals surface area (Å²) in [7, 11) is 2.76. The van der Waals surface area contributed by atoms with Crippen LogP contribution in [0.2, 0.25) is 0 Å². The van der Waals surface area contributed by atoms with E-state index in [4.69, 9.17) is 18.3 Å². The summed E-state index contributed by atoms with van der Waals surface area (Å²) in [5.41, 5.74) is -3.28. The Hall–Kier alpha value is -4.34. The molecule has 0 bridgehead atoms. The summed E-state index contributed by atoms with van der Waals surface area (Å²) in [5.74, 6) is -16.3. The zero-order chi connectivity index (χ0) is 32.0. The molecule has 0 saturated carbocycles. The Kier molecular flexibility index (Phi) is 6.47. The highest BCUT2D eigenvalue weighted by atomic mass is 19.3. The highest BCUT2D eigenvalue weighted by Crippen LogP contribution is 2.67. The molecule has 3 aromatic carbocycles. The molecule has 6 rings (SSSR count). The summed E-state index contributed by atoms with van der Waals surface area (Å²) in [6, 6.07) is 14.9. The lowest BCUT2D eigenvalue weighted by molar-refractivity contribution is -0.254. The Labute approximate surface area is 248 Å². The number of fused-ring (bicyclic) bond motifs is 2. The minimum absolute atomic E-state index is 0.00561. The van der Waals surface area contributed by atoms with E-state index in [2.05, 4.69) is 0 Å². The lowest BCUT2D eigenvalue weighted by atomic mass is 9.86. The molecule has 0 N–H and O–H groups in total. The van der Waals surface area contributed by atoms with Gasteiger partial charge in [-0.15, -0.1) is 0 Å². The molecule has 0 aliphatic heterocycles. The predicted molar refractivity (Wildman–Crippen MR) is 156 cm³/mol. The third kappa shape index (κ3) is 4.06. The van der Waals surface area contributed by atoms with E-state index in [1.807, 2.05) is 20.8 Å². The van der Waals surface area contributed by atoms with Crippen LogP contribution in [0.1, 0.15) is 43.2 Å². The fourth-order valence-electron chi connectivity index (χ4n) is 5.80. The lowest BCUT2D eigenvalue weighted by Gasteiger charge is -2.25. The Morgan fingerprint density at radius 1 is 0.636 bits per heavy atom. The van der Waals surface area contributed by atoms with Gasteiger partial charge in [-0.1, -0.05) is 45.0 Å². The first kappa shape index (κ1) is 29.7. The monoisotopic (exact) mass is 614 g/mol. The first-order chi connectivity index (χ1) is 20.5. The number of methoxy groups -OCH3 is 2. The van der Waals surface area contributed by atoms with Gasteiger partial charge in [-0.3, -0.25) is 0 Å². The first-order valence-corrected chi connectivity index (χ1v) is 13.7. The average Bonchev–Trinajstić information content (AvgIpc) is 3.53. The number of rotatable bonds is 5. The van der Waals surface area contributed by atoms with Gasteiger partial charge in [0.05, 0.1) is 14.2 Å². The highest BCUT2D eigenvalue weighted by molar-refractivity contribution is 6.13. The molecule has 2 aromatic heterocycles. The number of benzene rings is 3. The Morgan fingerprint density at radius 3 is 1.61 bits per heavy atom. The van der Waals surface area contributed by atoms with Crippen molar-refractivity contribution in [2.75, 3.05) is 14.2 Å². The number of furan rings is 2. The molecular formula is C34H28F6O4. The van der Waals surface area contributed by atoms with Crippen molar-refractivity contribution in [3.8, 4) is 22.8 Å². The standard InChI is InChI=1S/C34H28F6O4/c1-17-26(22-13-11-20(41-5)15-24(22)43-17)28-29(33(37,38)34(39,40)32(28,35)36)27-23-14-12-21(42-6)16-25(23)44-30(27)18-7-9-19(10-8-18)31(2,3)4/h7-16H,1-6H3. The third-order valence-electron chi connectivity index (χ3n) is 8.15. The van der Waals surface area contributed by atoms with Gasteiger partial charge in [-0.25, -0.2) is 0 Å². The van der Waals surface area contributed by atoms with Gasteiger partial charge in [0.2, 0.25) is 0 Å². The second kappa shape index (κ2) is 9.58. The fraction of sp³-hybridized carbons (Fsp3) is 0.294. The average molecular weight is 615 g/mol. The number of allylic oxidation sites excluding steroid dienone is 2. The van der Waals surface area contributed by atoms with Gasteiger partial charge < -0.3 is 18.3 Å². The molecule has 4 nitrogen and oxygen atoms in total. The highest BCUT2D eigenvalue weighted by Gasteiger charge is 2.81. The van der Waals surface area contributed by atoms with Gasteiger partial charge >= 0.3 is 17.8 Å². The lowest BCUT2D eigenvalue weighted by Crippen LogP contribution is -2.48. The Bertz CT molecular complexity index is 1960. The SMILES string of the molecule is COc1ccc2c(C3=C(c4c(-c5ccc(C(C)(C)C)cc5)oc5cc(OC)ccc45)C(F)(F)C(F)(F)C3(F)F)c(C)oc2c1. The maximum atomic E-state index is 16.1. The molecule has 0 atom stereocenters. The van der Waals surface area contributed by atoms with E-state index in [9.17, 15) is 0 Å². The van der Waals surface area contributed by atoms with Crippen LogP contribution in [-0.4, -0.2) is 32.0 Å². The van der Waals surface area contributed by atoms with Gasteiger partial charge in [-0.2, -0.15) is 26.3 Å². The smallest absolute Gasteiger partial charge is 0.380 e. The van der Waals surface area contributed by atoms with Crippen LogP contribution in [0.25, 0.3) is 44.4 Å². The molecule has 0 saturated heterocycles.